The van der Waals surface area contributed by atoms with Gasteiger partial charge in [-0.1, -0.05) is 60.3 Å². The molecule has 3 aromatic carbocycles. The predicted octanol–water partition coefficient (Wildman–Crippen LogP) is 4.96. The lowest BCUT2D eigenvalue weighted by Crippen LogP contribution is -2.04. The smallest absolute Gasteiger partial charge is 0.336 e. The maximum Gasteiger partial charge on any atom is 0.336 e. The molecule has 0 saturated heterocycles. The molecule has 32 heavy (non-hydrogen) atoms. The number of fused-ring (bicyclic) bond motifs is 1. The van der Waals surface area contributed by atoms with Crippen molar-refractivity contribution in [3.63, 3.8) is 0 Å². The van der Waals surface area contributed by atoms with Crippen LogP contribution in [0.5, 0.6) is 5.75 Å². The summed E-state index contributed by atoms with van der Waals surface area (Å²) in [5, 5.41) is 20.2. The molecule has 0 saturated carbocycles. The maximum atomic E-state index is 12.0. The molecule has 5 aromatic rings. The highest BCUT2D eigenvalue weighted by Crippen LogP contribution is 2.29. The number of aromatic hydroxyl groups is 1. The van der Waals surface area contributed by atoms with Gasteiger partial charge in [-0.2, -0.15) is 0 Å². The first-order valence-corrected chi connectivity index (χ1v) is 11.1. The quantitative estimate of drug-likeness (QED) is 0.296. The highest BCUT2D eigenvalue weighted by Gasteiger charge is 2.16. The van der Waals surface area contributed by atoms with Gasteiger partial charge in [0.25, 0.3) is 0 Å². The molecule has 0 aliphatic carbocycles. The van der Waals surface area contributed by atoms with Gasteiger partial charge in [0.2, 0.25) is 0 Å². The van der Waals surface area contributed by atoms with Crippen molar-refractivity contribution >= 4 is 22.7 Å². The Morgan fingerprint density at radius 1 is 0.906 bits per heavy atom. The average Bonchev–Trinajstić information content (AvgIpc) is 3.20. The van der Waals surface area contributed by atoms with Crippen LogP contribution < -0.4 is 5.63 Å². The molecule has 7 heteroatoms. The number of benzene rings is 3. The van der Waals surface area contributed by atoms with Gasteiger partial charge in [0, 0.05) is 35.4 Å². The monoisotopic (exact) mass is 441 g/mol. The fourth-order valence-corrected chi connectivity index (χ4v) is 4.57. The lowest BCUT2D eigenvalue weighted by molar-refractivity contribution is 0.473. The van der Waals surface area contributed by atoms with Crippen molar-refractivity contribution in [2.75, 3.05) is 0 Å². The normalized spacial score (nSPS) is 11.1. The number of rotatable bonds is 6. The van der Waals surface area contributed by atoms with Crippen LogP contribution in [0.1, 0.15) is 17.0 Å². The summed E-state index contributed by atoms with van der Waals surface area (Å²) in [4.78, 5) is 12.0. The van der Waals surface area contributed by atoms with Crippen molar-refractivity contribution in [2.24, 2.45) is 0 Å². The molecule has 2 heterocycles. The van der Waals surface area contributed by atoms with E-state index < -0.39 is 5.63 Å². The molecule has 0 unspecified atom stereocenters. The van der Waals surface area contributed by atoms with Crippen LogP contribution in [0, 0.1) is 0 Å². The summed E-state index contributed by atoms with van der Waals surface area (Å²) < 4.78 is 7.29. The molecule has 158 valence electrons. The minimum absolute atomic E-state index is 0.0554. The van der Waals surface area contributed by atoms with Crippen LogP contribution in [0.3, 0.4) is 0 Å². The first-order chi connectivity index (χ1) is 15.7. The lowest BCUT2D eigenvalue weighted by Gasteiger charge is -2.11. The molecule has 6 nitrogen and oxygen atoms in total. The van der Waals surface area contributed by atoms with Crippen LogP contribution in [0.15, 0.2) is 99.3 Å². The van der Waals surface area contributed by atoms with E-state index in [4.69, 9.17) is 4.42 Å². The Morgan fingerprint density at radius 3 is 2.44 bits per heavy atom. The Hall–Kier alpha value is -3.84. The molecule has 5 rings (SSSR count). The van der Waals surface area contributed by atoms with Crippen molar-refractivity contribution in [1.29, 1.82) is 0 Å². The highest BCUT2D eigenvalue weighted by molar-refractivity contribution is 7.98. The number of hydrogen-bond donors (Lipinski definition) is 1. The molecule has 0 fully saturated rings. The molecule has 0 spiro atoms. The van der Waals surface area contributed by atoms with Crippen LogP contribution >= 0.6 is 11.8 Å². The van der Waals surface area contributed by atoms with E-state index in [9.17, 15) is 9.90 Å². The van der Waals surface area contributed by atoms with Gasteiger partial charge in [-0.15, -0.1) is 10.2 Å². The molecule has 1 N–H and O–H groups in total. The Balaban J connectivity index is 1.51. The standard InChI is InChI=1S/C25H19N3O3S/c29-20-11-12-21-18(14-24(30)31-22(21)15-20)16-32-25-27-26-23(13-17-7-3-1-4-8-17)28(25)19-9-5-2-6-10-19/h1-12,14-15,29H,13,16H2. The van der Waals surface area contributed by atoms with Gasteiger partial charge in [0.1, 0.15) is 17.2 Å². The molecular weight excluding hydrogens is 422 g/mol. The van der Waals surface area contributed by atoms with Gasteiger partial charge >= 0.3 is 5.63 Å². The Kier molecular flexibility index (Phi) is 5.47. The van der Waals surface area contributed by atoms with E-state index in [1.54, 1.807) is 12.1 Å². The molecule has 0 aliphatic heterocycles. The Morgan fingerprint density at radius 2 is 1.66 bits per heavy atom. The van der Waals surface area contributed by atoms with Crippen LogP contribution in [-0.2, 0) is 12.2 Å². The van der Waals surface area contributed by atoms with Crippen molar-refractivity contribution in [1.82, 2.24) is 14.8 Å². The summed E-state index contributed by atoms with van der Waals surface area (Å²) in [6, 6.07) is 26.4. The van der Waals surface area contributed by atoms with Gasteiger partial charge in [-0.25, -0.2) is 4.79 Å². The number of para-hydroxylation sites is 1. The third kappa shape index (κ3) is 4.15. The number of phenolic OH excluding ortho intramolecular Hbond substituents is 1. The molecule has 0 amide bonds. The zero-order valence-electron chi connectivity index (χ0n) is 17.0. The number of aromatic nitrogens is 3. The third-order valence-corrected chi connectivity index (χ3v) is 6.07. The second-order valence-electron chi connectivity index (χ2n) is 7.29. The van der Waals surface area contributed by atoms with Crippen molar-refractivity contribution < 1.29 is 9.52 Å². The first kappa shape index (κ1) is 20.1. The zero-order valence-corrected chi connectivity index (χ0v) is 17.8. The second kappa shape index (κ2) is 8.72. The lowest BCUT2D eigenvalue weighted by atomic mass is 10.1. The van der Waals surface area contributed by atoms with Crippen LogP contribution in [0.25, 0.3) is 16.7 Å². The van der Waals surface area contributed by atoms with E-state index in [-0.39, 0.29) is 5.75 Å². The number of nitrogens with zero attached hydrogens (tertiary/aromatic N) is 3. The SMILES string of the molecule is O=c1cc(CSc2nnc(Cc3ccccc3)n2-c2ccccc2)c2ccc(O)cc2o1. The van der Waals surface area contributed by atoms with E-state index in [0.717, 1.165) is 33.2 Å². The van der Waals surface area contributed by atoms with E-state index in [1.807, 2.05) is 48.5 Å². The summed E-state index contributed by atoms with van der Waals surface area (Å²) in [7, 11) is 0. The van der Waals surface area contributed by atoms with Crippen molar-refractivity contribution in [3.05, 3.63) is 112 Å². The number of phenols is 1. The molecular formula is C25H19N3O3S. The maximum absolute atomic E-state index is 12.0. The fraction of sp³-hybridized carbons (Fsp3) is 0.0800. The number of thioether (sulfide) groups is 1. The molecule has 2 aromatic heterocycles. The third-order valence-electron chi connectivity index (χ3n) is 5.09. The van der Waals surface area contributed by atoms with Crippen LogP contribution in [0.4, 0.5) is 0 Å². The van der Waals surface area contributed by atoms with Gasteiger partial charge in [0.05, 0.1) is 0 Å². The van der Waals surface area contributed by atoms with Gasteiger partial charge in [-0.3, -0.25) is 4.57 Å². The summed E-state index contributed by atoms with van der Waals surface area (Å²) in [6.45, 7) is 0. The van der Waals surface area contributed by atoms with Crippen LogP contribution in [0.2, 0.25) is 0 Å². The molecule has 0 aliphatic rings. The topological polar surface area (TPSA) is 81.2 Å². The minimum atomic E-state index is -0.451. The number of hydrogen-bond acceptors (Lipinski definition) is 6. The molecule has 0 radical (unpaired) electrons. The van der Waals surface area contributed by atoms with Gasteiger partial charge in [-0.05, 0) is 35.4 Å². The van der Waals surface area contributed by atoms with Gasteiger partial charge in [0.15, 0.2) is 5.16 Å². The van der Waals surface area contributed by atoms with Crippen molar-refractivity contribution in [2.45, 2.75) is 17.3 Å². The molecule has 0 bridgehead atoms. The van der Waals surface area contributed by atoms with Gasteiger partial charge < -0.3 is 9.52 Å². The Labute approximate surface area is 188 Å². The summed E-state index contributed by atoms with van der Waals surface area (Å²) >= 11 is 1.50. The Bertz CT molecular complexity index is 1430. The van der Waals surface area contributed by atoms with E-state index in [1.165, 1.54) is 23.9 Å². The van der Waals surface area contributed by atoms with Crippen molar-refractivity contribution in [3.8, 4) is 11.4 Å². The largest absolute Gasteiger partial charge is 0.508 e. The first-order valence-electron chi connectivity index (χ1n) is 10.1. The molecule has 0 atom stereocenters. The van der Waals surface area contributed by atoms with E-state index >= 15 is 0 Å². The van der Waals surface area contributed by atoms with E-state index in [0.29, 0.717) is 17.8 Å². The van der Waals surface area contributed by atoms with E-state index in [2.05, 4.69) is 26.9 Å². The summed E-state index contributed by atoms with van der Waals surface area (Å²) in [6.07, 6.45) is 0.653. The minimum Gasteiger partial charge on any atom is -0.508 e. The highest BCUT2D eigenvalue weighted by atomic mass is 32.2. The zero-order chi connectivity index (χ0) is 21.9. The van der Waals surface area contributed by atoms with Crippen LogP contribution in [-0.4, -0.2) is 19.9 Å². The predicted molar refractivity (Wildman–Crippen MR) is 124 cm³/mol. The average molecular weight is 442 g/mol. The second-order valence-corrected chi connectivity index (χ2v) is 8.23. The summed E-state index contributed by atoms with van der Waals surface area (Å²) in [5.41, 5.74) is 2.86. The fourth-order valence-electron chi connectivity index (χ4n) is 3.60. The summed E-state index contributed by atoms with van der Waals surface area (Å²) in [5.74, 6) is 1.40.